The van der Waals surface area contributed by atoms with Crippen LogP contribution < -0.4 is 15.6 Å². The molecule has 31 heavy (non-hydrogen) atoms. The van der Waals surface area contributed by atoms with E-state index in [-0.39, 0.29) is 24.1 Å². The monoisotopic (exact) mass is 481 g/mol. The second kappa shape index (κ2) is 8.73. The summed E-state index contributed by atoms with van der Waals surface area (Å²) in [5, 5.41) is 11.4. The summed E-state index contributed by atoms with van der Waals surface area (Å²) in [6, 6.07) is 16.5. The molecule has 1 N–H and O–H groups in total. The minimum atomic E-state index is -0.387. The molecule has 4 rings (SSSR count). The van der Waals surface area contributed by atoms with Crippen LogP contribution in [0.2, 0.25) is 0 Å². The first-order chi connectivity index (χ1) is 14.9. The van der Waals surface area contributed by atoms with E-state index >= 15 is 0 Å². The van der Waals surface area contributed by atoms with Gasteiger partial charge in [0.05, 0.1) is 18.8 Å². The molecule has 2 aromatic carbocycles. The molecule has 0 aliphatic rings. The highest BCUT2D eigenvalue weighted by atomic mass is 79.9. The number of rotatable bonds is 6. The van der Waals surface area contributed by atoms with Gasteiger partial charge < -0.3 is 10.1 Å². The van der Waals surface area contributed by atoms with Gasteiger partial charge in [-0.25, -0.2) is 9.20 Å². The number of methoxy groups -OCH3 is 1. The molecule has 8 nitrogen and oxygen atoms in total. The average molecular weight is 482 g/mol. The summed E-state index contributed by atoms with van der Waals surface area (Å²) >= 11 is 3.40. The lowest BCUT2D eigenvalue weighted by Gasteiger charge is -2.15. The zero-order valence-electron chi connectivity index (χ0n) is 16.9. The molecule has 0 aliphatic heterocycles. The molecule has 0 bridgehead atoms. The van der Waals surface area contributed by atoms with Gasteiger partial charge in [0, 0.05) is 10.0 Å². The zero-order valence-corrected chi connectivity index (χ0v) is 18.5. The quantitative estimate of drug-likeness (QED) is 0.456. The first-order valence-corrected chi connectivity index (χ1v) is 10.4. The molecule has 1 amide bonds. The number of halogens is 1. The molecule has 2 aromatic heterocycles. The smallest absolute Gasteiger partial charge is 0.293 e. The number of ether oxygens (including phenoxy) is 1. The van der Waals surface area contributed by atoms with Crippen molar-refractivity contribution in [3.05, 3.63) is 81.3 Å². The molecule has 158 valence electrons. The molecule has 0 fully saturated rings. The maximum Gasteiger partial charge on any atom is 0.293 e. The Morgan fingerprint density at radius 3 is 2.71 bits per heavy atom. The topological polar surface area (TPSA) is 90.5 Å². The lowest BCUT2D eigenvalue weighted by Crippen LogP contribution is -2.35. The normalized spacial score (nSPS) is 12.0. The highest BCUT2D eigenvalue weighted by Gasteiger charge is 2.15. The summed E-state index contributed by atoms with van der Waals surface area (Å²) < 4.78 is 8.74. The van der Waals surface area contributed by atoms with Crippen molar-refractivity contribution in [2.75, 3.05) is 7.11 Å². The summed E-state index contributed by atoms with van der Waals surface area (Å²) in [5.41, 5.74) is 2.39. The third-order valence-electron chi connectivity index (χ3n) is 4.89. The maximum atomic E-state index is 12.8. The van der Waals surface area contributed by atoms with E-state index in [1.54, 1.807) is 13.2 Å². The number of hydrogen-bond acceptors (Lipinski definition) is 5. The first kappa shape index (κ1) is 20.8. The van der Waals surface area contributed by atoms with Crippen LogP contribution in [0.5, 0.6) is 5.75 Å². The molecule has 1 unspecified atom stereocenters. The van der Waals surface area contributed by atoms with Crippen LogP contribution in [0, 0.1) is 0 Å². The van der Waals surface area contributed by atoms with Gasteiger partial charge in [-0.2, -0.15) is 10.2 Å². The van der Waals surface area contributed by atoms with E-state index in [2.05, 4.69) is 31.4 Å². The highest BCUT2D eigenvalue weighted by Crippen LogP contribution is 2.21. The molecular weight excluding hydrogens is 462 g/mol. The van der Waals surface area contributed by atoms with Crippen LogP contribution in [0.25, 0.3) is 16.8 Å². The molecule has 0 spiro atoms. The van der Waals surface area contributed by atoms with Gasteiger partial charge in [0.15, 0.2) is 0 Å². The standard InChI is InChI=1S/C22H20BrN5O3/c1-14(16-4-3-5-18(10-16)31-2)25-21(29)12-27-22(30)20-11-19(26-28(20)13-24-27)15-6-8-17(23)9-7-15/h3-11,13-14H,12H2,1-2H3,(H,25,29). The molecule has 2 heterocycles. The number of fused-ring (bicyclic) bond motifs is 1. The van der Waals surface area contributed by atoms with E-state index in [4.69, 9.17) is 4.74 Å². The number of aromatic nitrogens is 4. The van der Waals surface area contributed by atoms with Crippen molar-refractivity contribution in [2.45, 2.75) is 19.5 Å². The molecule has 9 heteroatoms. The Labute approximate surface area is 186 Å². The Morgan fingerprint density at radius 2 is 1.97 bits per heavy atom. The third kappa shape index (κ3) is 4.51. The minimum Gasteiger partial charge on any atom is -0.497 e. The average Bonchev–Trinajstić information content (AvgIpc) is 3.21. The second-order valence-corrected chi connectivity index (χ2v) is 7.94. The fourth-order valence-corrected chi connectivity index (χ4v) is 3.49. The van der Waals surface area contributed by atoms with Crippen molar-refractivity contribution in [1.29, 1.82) is 0 Å². The van der Waals surface area contributed by atoms with Gasteiger partial charge in [-0.3, -0.25) is 9.59 Å². The summed E-state index contributed by atoms with van der Waals surface area (Å²) in [6.45, 7) is 1.68. The first-order valence-electron chi connectivity index (χ1n) is 9.59. The van der Waals surface area contributed by atoms with Crippen LogP contribution in [-0.2, 0) is 11.3 Å². The van der Waals surface area contributed by atoms with Crippen LogP contribution in [0.1, 0.15) is 18.5 Å². The van der Waals surface area contributed by atoms with E-state index in [1.165, 1.54) is 10.8 Å². The number of benzene rings is 2. The number of amides is 1. The van der Waals surface area contributed by atoms with E-state index in [9.17, 15) is 9.59 Å². The third-order valence-corrected chi connectivity index (χ3v) is 5.42. The lowest BCUT2D eigenvalue weighted by atomic mass is 10.1. The molecule has 1 atom stereocenters. The molecule has 0 radical (unpaired) electrons. The largest absolute Gasteiger partial charge is 0.497 e. The summed E-state index contributed by atoms with van der Waals surface area (Å²) in [6.07, 6.45) is 1.43. The number of carbonyl (C=O) groups is 1. The minimum absolute atomic E-state index is 0.192. The van der Waals surface area contributed by atoms with Crippen molar-refractivity contribution < 1.29 is 9.53 Å². The van der Waals surface area contributed by atoms with Crippen molar-refractivity contribution in [3.8, 4) is 17.0 Å². The molecule has 0 aliphatic carbocycles. The summed E-state index contributed by atoms with van der Waals surface area (Å²) in [4.78, 5) is 25.4. The van der Waals surface area contributed by atoms with Gasteiger partial charge in [-0.15, -0.1) is 0 Å². The van der Waals surface area contributed by atoms with Crippen molar-refractivity contribution in [1.82, 2.24) is 24.7 Å². The van der Waals surface area contributed by atoms with Crippen LogP contribution >= 0.6 is 15.9 Å². The van der Waals surface area contributed by atoms with Gasteiger partial charge in [-0.05, 0) is 42.8 Å². The van der Waals surface area contributed by atoms with Gasteiger partial charge >= 0.3 is 0 Å². The van der Waals surface area contributed by atoms with E-state index in [1.807, 2.05) is 55.5 Å². The molecule has 0 saturated heterocycles. The fraction of sp³-hybridized carbons (Fsp3) is 0.182. The Morgan fingerprint density at radius 1 is 1.19 bits per heavy atom. The SMILES string of the molecule is COc1cccc(C(C)NC(=O)Cn2ncn3nc(-c4ccc(Br)cc4)cc3c2=O)c1. The van der Waals surface area contributed by atoms with Crippen LogP contribution in [-0.4, -0.2) is 32.4 Å². The van der Waals surface area contributed by atoms with Crippen molar-refractivity contribution in [3.63, 3.8) is 0 Å². The lowest BCUT2D eigenvalue weighted by molar-refractivity contribution is -0.122. The van der Waals surface area contributed by atoms with Gasteiger partial charge in [0.25, 0.3) is 5.56 Å². The number of nitrogens with one attached hydrogen (secondary N) is 1. The maximum absolute atomic E-state index is 12.8. The summed E-state index contributed by atoms with van der Waals surface area (Å²) in [7, 11) is 1.59. The molecule has 4 aromatic rings. The number of carbonyl (C=O) groups excluding carboxylic acids is 1. The van der Waals surface area contributed by atoms with Crippen molar-refractivity contribution in [2.24, 2.45) is 0 Å². The van der Waals surface area contributed by atoms with Crippen LogP contribution in [0.4, 0.5) is 0 Å². The van der Waals surface area contributed by atoms with E-state index in [0.717, 1.165) is 20.3 Å². The number of nitrogens with zero attached hydrogens (tertiary/aromatic N) is 4. The highest BCUT2D eigenvalue weighted by molar-refractivity contribution is 9.10. The predicted molar refractivity (Wildman–Crippen MR) is 120 cm³/mol. The Hall–Kier alpha value is -3.46. The fourth-order valence-electron chi connectivity index (χ4n) is 3.23. The second-order valence-electron chi connectivity index (χ2n) is 7.03. The van der Waals surface area contributed by atoms with Crippen molar-refractivity contribution >= 4 is 27.4 Å². The zero-order chi connectivity index (χ0) is 22.0. The summed E-state index contributed by atoms with van der Waals surface area (Å²) in [5.74, 6) is 0.395. The van der Waals surface area contributed by atoms with E-state index in [0.29, 0.717) is 17.0 Å². The predicted octanol–water partition coefficient (Wildman–Crippen LogP) is 3.21. The van der Waals surface area contributed by atoms with Crippen LogP contribution in [0.3, 0.4) is 0 Å². The Bertz CT molecular complexity index is 1300. The Kier molecular flexibility index (Phi) is 5.85. The van der Waals surface area contributed by atoms with E-state index < -0.39 is 0 Å². The van der Waals surface area contributed by atoms with Gasteiger partial charge in [0.2, 0.25) is 5.91 Å². The Balaban J connectivity index is 1.52. The molecule has 0 saturated carbocycles. The number of hydrogen-bond donors (Lipinski definition) is 1. The van der Waals surface area contributed by atoms with Gasteiger partial charge in [0.1, 0.15) is 24.1 Å². The van der Waals surface area contributed by atoms with Gasteiger partial charge in [-0.1, -0.05) is 40.2 Å². The molecular formula is C22H20BrN5O3. The van der Waals surface area contributed by atoms with Crippen LogP contribution in [0.15, 0.2) is 70.2 Å².